The molecule has 1 aromatic heterocycles. The number of aryl methyl sites for hydroxylation is 1. The molecule has 21 heavy (non-hydrogen) atoms. The Morgan fingerprint density at radius 3 is 2.81 bits per heavy atom. The number of para-hydroxylation sites is 1. The van der Waals surface area contributed by atoms with Crippen LogP contribution in [-0.2, 0) is 11.3 Å². The Morgan fingerprint density at radius 1 is 1.33 bits per heavy atom. The number of hydrogen-bond acceptors (Lipinski definition) is 3. The van der Waals surface area contributed by atoms with Crippen molar-refractivity contribution in [3.63, 3.8) is 0 Å². The van der Waals surface area contributed by atoms with Gasteiger partial charge in [0.1, 0.15) is 0 Å². The summed E-state index contributed by atoms with van der Waals surface area (Å²) in [6.07, 6.45) is 1.87. The average molecular weight is 306 g/mol. The number of benzene rings is 1. The van der Waals surface area contributed by atoms with Crippen molar-refractivity contribution in [3.8, 4) is 0 Å². The highest BCUT2D eigenvalue weighted by Crippen LogP contribution is 2.21. The Kier molecular flexibility index (Phi) is 5.27. The quantitative estimate of drug-likeness (QED) is 0.769. The molecule has 0 aliphatic rings. The van der Waals surface area contributed by atoms with Crippen LogP contribution < -0.4 is 5.32 Å². The molecule has 0 aliphatic heterocycles. The predicted octanol–water partition coefficient (Wildman–Crippen LogP) is 2.21. The van der Waals surface area contributed by atoms with Crippen molar-refractivity contribution >= 4 is 34.5 Å². The summed E-state index contributed by atoms with van der Waals surface area (Å²) in [5.41, 5.74) is 1.71. The Morgan fingerprint density at radius 2 is 2.10 bits per heavy atom. The fourth-order valence-electron chi connectivity index (χ4n) is 2.18. The molecule has 0 bridgehead atoms. The molecule has 0 unspecified atom stereocenters. The third-order valence-electron chi connectivity index (χ3n) is 3.13. The zero-order valence-corrected chi connectivity index (χ0v) is 12.7. The van der Waals surface area contributed by atoms with Gasteiger partial charge < -0.3 is 15.0 Å². The van der Waals surface area contributed by atoms with Crippen LogP contribution in [0.25, 0.3) is 10.9 Å². The Labute approximate surface area is 127 Å². The van der Waals surface area contributed by atoms with E-state index in [1.54, 1.807) is 0 Å². The number of fused-ring (bicyclic) bond motifs is 1. The summed E-state index contributed by atoms with van der Waals surface area (Å²) in [4.78, 5) is 22.6. The maximum absolute atomic E-state index is 12.2. The van der Waals surface area contributed by atoms with Crippen molar-refractivity contribution < 1.29 is 14.7 Å². The monoisotopic (exact) mass is 306 g/mol. The minimum Gasteiger partial charge on any atom is -0.481 e. The number of carbonyl (C=O) groups excluding carboxylic acids is 1. The molecule has 0 aliphatic carbocycles. The third kappa shape index (κ3) is 3.78. The Balaban J connectivity index is 2.01. The fourth-order valence-corrected chi connectivity index (χ4v) is 2.75. The molecule has 112 valence electrons. The van der Waals surface area contributed by atoms with Crippen LogP contribution in [0.3, 0.4) is 0 Å². The molecule has 2 rings (SSSR count). The molecule has 2 aromatic rings. The lowest BCUT2D eigenvalue weighted by atomic mass is 10.1. The van der Waals surface area contributed by atoms with Gasteiger partial charge in [-0.1, -0.05) is 18.2 Å². The van der Waals surface area contributed by atoms with Gasteiger partial charge in [-0.3, -0.25) is 9.59 Å². The molecule has 0 saturated heterocycles. The number of nitrogens with one attached hydrogen (secondary N) is 1. The molecule has 6 heteroatoms. The second-order valence-corrected chi connectivity index (χ2v) is 5.65. The van der Waals surface area contributed by atoms with Gasteiger partial charge in [0, 0.05) is 35.9 Å². The summed E-state index contributed by atoms with van der Waals surface area (Å²) in [7, 11) is 0. The molecule has 0 spiro atoms. The van der Waals surface area contributed by atoms with E-state index in [4.69, 9.17) is 5.11 Å². The van der Waals surface area contributed by atoms with E-state index in [9.17, 15) is 9.59 Å². The summed E-state index contributed by atoms with van der Waals surface area (Å²) in [5, 5.41) is 12.3. The van der Waals surface area contributed by atoms with Crippen molar-refractivity contribution in [1.29, 1.82) is 0 Å². The summed E-state index contributed by atoms with van der Waals surface area (Å²) >= 11 is 1.29. The van der Waals surface area contributed by atoms with Crippen molar-refractivity contribution in [1.82, 2.24) is 9.88 Å². The van der Waals surface area contributed by atoms with E-state index in [-0.39, 0.29) is 11.7 Å². The highest BCUT2D eigenvalue weighted by molar-refractivity contribution is 7.99. The lowest BCUT2D eigenvalue weighted by molar-refractivity contribution is -0.133. The summed E-state index contributed by atoms with van der Waals surface area (Å²) in [6.45, 7) is 3.31. The van der Waals surface area contributed by atoms with Gasteiger partial charge in [0.2, 0.25) is 0 Å². The fraction of sp³-hybridized carbons (Fsp3) is 0.333. The minimum atomic E-state index is -0.836. The molecular weight excluding hydrogens is 288 g/mol. The first-order chi connectivity index (χ1) is 10.1. The number of aliphatic carboxylic acids is 1. The molecule has 0 atom stereocenters. The first-order valence-electron chi connectivity index (χ1n) is 6.79. The Hall–Kier alpha value is -1.95. The van der Waals surface area contributed by atoms with E-state index in [1.165, 1.54) is 11.8 Å². The summed E-state index contributed by atoms with van der Waals surface area (Å²) in [6, 6.07) is 7.81. The smallest absolute Gasteiger partial charge is 0.313 e. The largest absolute Gasteiger partial charge is 0.481 e. The van der Waals surface area contributed by atoms with Crippen molar-refractivity contribution in [3.05, 3.63) is 36.0 Å². The SMILES string of the molecule is CCn1cc(C(=O)NCCSCC(=O)O)c2ccccc21. The van der Waals surface area contributed by atoms with Crippen LogP contribution in [0.5, 0.6) is 0 Å². The number of rotatable bonds is 7. The van der Waals surface area contributed by atoms with E-state index >= 15 is 0 Å². The van der Waals surface area contributed by atoms with E-state index in [2.05, 4.69) is 5.32 Å². The van der Waals surface area contributed by atoms with Gasteiger partial charge in [-0.25, -0.2) is 0 Å². The van der Waals surface area contributed by atoms with Crippen LogP contribution in [0.1, 0.15) is 17.3 Å². The number of thioether (sulfide) groups is 1. The van der Waals surface area contributed by atoms with Gasteiger partial charge in [-0.05, 0) is 13.0 Å². The molecule has 1 amide bonds. The first-order valence-corrected chi connectivity index (χ1v) is 7.94. The summed E-state index contributed by atoms with van der Waals surface area (Å²) in [5.74, 6) is -0.304. The zero-order chi connectivity index (χ0) is 15.2. The van der Waals surface area contributed by atoms with Crippen LogP contribution in [0.15, 0.2) is 30.5 Å². The van der Waals surface area contributed by atoms with E-state index < -0.39 is 5.97 Å². The third-order valence-corrected chi connectivity index (χ3v) is 4.08. The van der Waals surface area contributed by atoms with E-state index in [1.807, 2.05) is 42.0 Å². The molecule has 0 saturated carbocycles. The van der Waals surface area contributed by atoms with Gasteiger partial charge in [0.25, 0.3) is 5.91 Å². The van der Waals surface area contributed by atoms with Gasteiger partial charge in [-0.15, -0.1) is 11.8 Å². The minimum absolute atomic E-state index is 0.0605. The molecule has 2 N–H and O–H groups in total. The first kappa shape index (κ1) is 15.4. The van der Waals surface area contributed by atoms with Crippen LogP contribution in [0, 0.1) is 0 Å². The number of nitrogens with zero attached hydrogens (tertiary/aromatic N) is 1. The van der Waals surface area contributed by atoms with Crippen LogP contribution in [0.4, 0.5) is 0 Å². The standard InChI is InChI=1S/C15H18N2O3S/c1-2-17-9-12(11-5-3-4-6-13(11)17)15(20)16-7-8-21-10-14(18)19/h3-6,9H,2,7-8,10H2,1H3,(H,16,20)(H,18,19). The predicted molar refractivity (Wildman–Crippen MR) is 84.9 cm³/mol. The highest BCUT2D eigenvalue weighted by Gasteiger charge is 2.13. The van der Waals surface area contributed by atoms with Gasteiger partial charge in [0.15, 0.2) is 0 Å². The average Bonchev–Trinajstić information content (AvgIpc) is 2.85. The van der Waals surface area contributed by atoms with Gasteiger partial charge in [-0.2, -0.15) is 0 Å². The van der Waals surface area contributed by atoms with E-state index in [0.29, 0.717) is 17.9 Å². The molecule has 1 aromatic carbocycles. The normalized spacial score (nSPS) is 10.7. The van der Waals surface area contributed by atoms with Gasteiger partial charge in [0.05, 0.1) is 11.3 Å². The zero-order valence-electron chi connectivity index (χ0n) is 11.8. The molecule has 1 heterocycles. The topological polar surface area (TPSA) is 71.3 Å². The van der Waals surface area contributed by atoms with Crippen molar-refractivity contribution in [2.45, 2.75) is 13.5 Å². The van der Waals surface area contributed by atoms with Crippen molar-refractivity contribution in [2.75, 3.05) is 18.1 Å². The number of amides is 1. The maximum Gasteiger partial charge on any atom is 0.313 e. The Bertz CT molecular complexity index is 651. The molecular formula is C15H18N2O3S. The molecule has 0 radical (unpaired) electrons. The maximum atomic E-state index is 12.2. The second kappa shape index (κ2) is 7.17. The van der Waals surface area contributed by atoms with Crippen LogP contribution in [0.2, 0.25) is 0 Å². The molecule has 0 fully saturated rings. The van der Waals surface area contributed by atoms with E-state index in [0.717, 1.165) is 17.4 Å². The number of aromatic nitrogens is 1. The van der Waals surface area contributed by atoms with Crippen LogP contribution in [-0.4, -0.2) is 39.6 Å². The second-order valence-electron chi connectivity index (χ2n) is 4.55. The lowest BCUT2D eigenvalue weighted by Crippen LogP contribution is -2.25. The number of hydrogen-bond donors (Lipinski definition) is 2. The molecule has 5 nitrogen and oxygen atoms in total. The van der Waals surface area contributed by atoms with Gasteiger partial charge >= 0.3 is 5.97 Å². The number of carboxylic acid groups (broad SMARTS) is 1. The highest BCUT2D eigenvalue weighted by atomic mass is 32.2. The van der Waals surface area contributed by atoms with Crippen LogP contribution >= 0.6 is 11.8 Å². The van der Waals surface area contributed by atoms with Crippen molar-refractivity contribution in [2.24, 2.45) is 0 Å². The lowest BCUT2D eigenvalue weighted by Gasteiger charge is -2.03. The number of carbonyl (C=O) groups is 2. The summed E-state index contributed by atoms with van der Waals surface area (Å²) < 4.78 is 2.05. The number of carboxylic acids is 1.